The van der Waals surface area contributed by atoms with Gasteiger partial charge in [-0.1, -0.05) is 24.3 Å². The van der Waals surface area contributed by atoms with Gasteiger partial charge in [-0.15, -0.1) is 10.1 Å². The van der Waals surface area contributed by atoms with E-state index in [0.29, 0.717) is 5.56 Å². The van der Waals surface area contributed by atoms with Crippen molar-refractivity contribution in [3.05, 3.63) is 52.1 Å². The molecule has 0 aliphatic rings. The van der Waals surface area contributed by atoms with E-state index < -0.39 is 57.4 Å². The van der Waals surface area contributed by atoms with Crippen LogP contribution in [0, 0.1) is 10.1 Å². The van der Waals surface area contributed by atoms with Gasteiger partial charge >= 0.3 is 12.1 Å². The largest absolute Gasteiger partial charge is 0.510 e. The topological polar surface area (TPSA) is 158 Å². The molecule has 13 heteroatoms. The van der Waals surface area contributed by atoms with E-state index in [1.54, 1.807) is 20.1 Å². The second-order valence-electron chi connectivity index (χ2n) is 7.13. The lowest BCUT2D eigenvalue weighted by Crippen LogP contribution is -2.25. The lowest BCUT2D eigenvalue weighted by Gasteiger charge is -2.13. The molecule has 0 heterocycles. The fourth-order valence-corrected chi connectivity index (χ4v) is 3.71. The third kappa shape index (κ3) is 8.39. The van der Waals surface area contributed by atoms with Crippen molar-refractivity contribution in [2.45, 2.75) is 26.1 Å². The van der Waals surface area contributed by atoms with Gasteiger partial charge in [0.15, 0.2) is 9.84 Å². The minimum absolute atomic E-state index is 0.367. The number of ether oxygens (including phenoxy) is 4. The average molecular weight is 499 g/mol. The summed E-state index contributed by atoms with van der Waals surface area (Å²) in [7, 11) is -2.13. The average Bonchev–Trinajstić information content (AvgIpc) is 2.76. The molecule has 2 rings (SSSR count). The van der Waals surface area contributed by atoms with Crippen LogP contribution < -0.4 is 4.74 Å². The molecule has 0 saturated heterocycles. The van der Waals surface area contributed by atoms with Crippen molar-refractivity contribution < 1.29 is 46.9 Å². The van der Waals surface area contributed by atoms with E-state index in [1.165, 1.54) is 0 Å². The number of carbonyl (C=O) groups is 2. The van der Waals surface area contributed by atoms with E-state index in [0.717, 1.165) is 23.4 Å². The van der Waals surface area contributed by atoms with E-state index >= 15 is 0 Å². The first-order valence-electron chi connectivity index (χ1n) is 10.1. The summed E-state index contributed by atoms with van der Waals surface area (Å²) >= 11 is 0. The molecule has 0 fully saturated rings. The van der Waals surface area contributed by atoms with Crippen LogP contribution in [-0.4, -0.2) is 63.7 Å². The van der Waals surface area contributed by atoms with Gasteiger partial charge in [-0.05, 0) is 42.3 Å². The van der Waals surface area contributed by atoms with E-state index in [-0.39, 0.29) is 6.61 Å². The summed E-state index contributed by atoms with van der Waals surface area (Å²) in [5.41, 5.74) is 0.715. The van der Waals surface area contributed by atoms with Crippen LogP contribution in [0.2, 0.25) is 0 Å². The molecule has 186 valence electrons. The summed E-state index contributed by atoms with van der Waals surface area (Å²) in [6, 6.07) is 11.1. The molecule has 2 aromatic rings. The molecule has 2 aromatic carbocycles. The van der Waals surface area contributed by atoms with E-state index in [4.69, 9.17) is 9.47 Å². The molecule has 0 N–H and O–H groups in total. The van der Waals surface area contributed by atoms with Gasteiger partial charge in [0.05, 0.1) is 24.5 Å². The van der Waals surface area contributed by atoms with Gasteiger partial charge in [-0.25, -0.2) is 13.2 Å². The molecule has 0 bridgehead atoms. The van der Waals surface area contributed by atoms with Crippen LogP contribution in [0.5, 0.6) is 5.75 Å². The second-order valence-corrected chi connectivity index (χ2v) is 9.43. The first-order valence-corrected chi connectivity index (χ1v) is 11.9. The van der Waals surface area contributed by atoms with Gasteiger partial charge < -0.3 is 18.9 Å². The van der Waals surface area contributed by atoms with Crippen LogP contribution in [-0.2, 0) is 33.7 Å². The SMILES string of the molecule is COc1ccc2cc(C(C)C(=O)OCCS(=O)(=O)CCOC(=O)OC(C)O[N+](=O)[O-])ccc2c1. The third-order valence-corrected chi connectivity index (χ3v) is 6.25. The minimum atomic E-state index is -3.71. The number of esters is 1. The molecule has 0 aromatic heterocycles. The molecule has 34 heavy (non-hydrogen) atoms. The van der Waals surface area contributed by atoms with Crippen molar-refractivity contribution in [1.29, 1.82) is 0 Å². The first kappa shape index (κ1) is 26.6. The van der Waals surface area contributed by atoms with Crippen LogP contribution in [0.1, 0.15) is 25.3 Å². The van der Waals surface area contributed by atoms with Crippen molar-refractivity contribution >= 4 is 32.7 Å². The molecule has 0 amide bonds. The van der Waals surface area contributed by atoms with Crippen molar-refractivity contribution in [1.82, 2.24) is 0 Å². The quantitative estimate of drug-likeness (QED) is 0.183. The van der Waals surface area contributed by atoms with Crippen LogP contribution >= 0.6 is 0 Å². The number of hydrogen-bond acceptors (Lipinski definition) is 11. The Hall–Kier alpha value is -3.61. The zero-order valence-electron chi connectivity index (χ0n) is 18.8. The van der Waals surface area contributed by atoms with Gasteiger partial charge in [-0.3, -0.25) is 9.63 Å². The lowest BCUT2D eigenvalue weighted by atomic mass is 9.98. The normalized spacial score (nSPS) is 12.9. The molecule has 0 aliphatic heterocycles. The molecule has 0 aliphatic carbocycles. The Kier molecular flexibility index (Phi) is 9.42. The molecule has 0 spiro atoms. The predicted octanol–water partition coefficient (Wildman–Crippen LogP) is 2.62. The number of nitrogens with zero attached hydrogens (tertiary/aromatic N) is 1. The fraction of sp³-hybridized carbons (Fsp3) is 0.429. The van der Waals surface area contributed by atoms with Crippen molar-refractivity contribution in [3.8, 4) is 5.75 Å². The Bertz CT molecular complexity index is 1130. The van der Waals surface area contributed by atoms with Crippen molar-refractivity contribution in [2.24, 2.45) is 0 Å². The van der Waals surface area contributed by atoms with Gasteiger partial charge in [0.25, 0.3) is 5.09 Å². The summed E-state index contributed by atoms with van der Waals surface area (Å²) in [5, 5.41) is 10.8. The van der Waals surface area contributed by atoms with Gasteiger partial charge in [0.1, 0.15) is 19.0 Å². The first-order chi connectivity index (χ1) is 16.0. The number of sulfone groups is 1. The second kappa shape index (κ2) is 12.0. The fourth-order valence-electron chi connectivity index (χ4n) is 2.84. The van der Waals surface area contributed by atoms with E-state index in [9.17, 15) is 28.1 Å². The molecule has 12 nitrogen and oxygen atoms in total. The number of fused-ring (bicyclic) bond motifs is 1. The van der Waals surface area contributed by atoms with Gasteiger partial charge in [0.2, 0.25) is 6.29 Å². The highest BCUT2D eigenvalue weighted by Crippen LogP contribution is 2.25. The standard InChI is InChI=1S/C21H25NO11S/c1-14(16-4-5-18-13-19(29-3)7-6-17(18)12-16)20(23)30-8-10-34(27,28)11-9-31-21(24)32-15(2)33-22(25)26/h4-7,12-15H,8-11H2,1-3H3. The Morgan fingerprint density at radius 3 is 2.26 bits per heavy atom. The zero-order chi connectivity index (χ0) is 25.3. The van der Waals surface area contributed by atoms with Gasteiger partial charge in [0, 0.05) is 0 Å². The Balaban J connectivity index is 1.78. The number of rotatable bonds is 12. The monoisotopic (exact) mass is 499 g/mol. The molecule has 2 unspecified atom stereocenters. The lowest BCUT2D eigenvalue weighted by molar-refractivity contribution is -0.777. The third-order valence-electron chi connectivity index (χ3n) is 4.67. The van der Waals surface area contributed by atoms with Crippen LogP contribution in [0.15, 0.2) is 36.4 Å². The van der Waals surface area contributed by atoms with E-state index in [2.05, 4.69) is 14.3 Å². The highest BCUT2D eigenvalue weighted by molar-refractivity contribution is 7.91. The number of hydrogen-bond donors (Lipinski definition) is 0. The van der Waals surface area contributed by atoms with Crippen LogP contribution in [0.4, 0.5) is 4.79 Å². The Labute approximate surface area is 195 Å². The molecule has 0 saturated carbocycles. The number of methoxy groups -OCH3 is 1. The maximum absolute atomic E-state index is 12.4. The van der Waals surface area contributed by atoms with Crippen LogP contribution in [0.3, 0.4) is 0 Å². The minimum Gasteiger partial charge on any atom is -0.497 e. The predicted molar refractivity (Wildman–Crippen MR) is 119 cm³/mol. The summed E-state index contributed by atoms with van der Waals surface area (Å²) in [4.78, 5) is 37.8. The Morgan fingerprint density at radius 2 is 1.62 bits per heavy atom. The maximum Gasteiger partial charge on any atom is 0.510 e. The maximum atomic E-state index is 12.4. The summed E-state index contributed by atoms with van der Waals surface area (Å²) in [5.74, 6) is -1.50. The summed E-state index contributed by atoms with van der Waals surface area (Å²) in [6.07, 6.45) is -2.83. The molecule has 0 radical (unpaired) electrons. The summed E-state index contributed by atoms with van der Waals surface area (Å²) in [6.45, 7) is 1.84. The highest BCUT2D eigenvalue weighted by atomic mass is 32.2. The molecular weight excluding hydrogens is 474 g/mol. The van der Waals surface area contributed by atoms with Crippen molar-refractivity contribution in [2.75, 3.05) is 31.8 Å². The molecular formula is C21H25NO11S. The van der Waals surface area contributed by atoms with E-state index in [1.807, 2.05) is 30.3 Å². The van der Waals surface area contributed by atoms with Crippen LogP contribution in [0.25, 0.3) is 10.8 Å². The zero-order valence-corrected chi connectivity index (χ0v) is 19.6. The number of carbonyl (C=O) groups excluding carboxylic acids is 2. The van der Waals surface area contributed by atoms with Crippen molar-refractivity contribution in [3.63, 3.8) is 0 Å². The number of benzene rings is 2. The highest BCUT2D eigenvalue weighted by Gasteiger charge is 2.20. The molecule has 2 atom stereocenters. The smallest absolute Gasteiger partial charge is 0.497 e. The summed E-state index contributed by atoms with van der Waals surface area (Å²) < 4.78 is 43.3. The van der Waals surface area contributed by atoms with Gasteiger partial charge in [-0.2, -0.15) is 0 Å². The Morgan fingerprint density at radius 1 is 1.00 bits per heavy atom.